The maximum Gasteiger partial charge on any atom is 0.277 e. The molecule has 0 N–H and O–H groups in total. The summed E-state index contributed by atoms with van der Waals surface area (Å²) in [7, 11) is 0. The lowest BCUT2D eigenvalue weighted by molar-refractivity contribution is -0.137. The Bertz CT molecular complexity index is 773. The highest BCUT2D eigenvalue weighted by Gasteiger charge is 2.42. The first-order chi connectivity index (χ1) is 13.5. The molecule has 1 fully saturated rings. The third kappa shape index (κ3) is 4.53. The molecule has 1 aromatic rings. The highest BCUT2D eigenvalue weighted by atomic mass is 35.5. The second kappa shape index (κ2) is 9.77. The van der Waals surface area contributed by atoms with Crippen molar-refractivity contribution in [2.45, 2.75) is 39.0 Å². The summed E-state index contributed by atoms with van der Waals surface area (Å²) in [6.45, 7) is 5.25. The lowest BCUT2D eigenvalue weighted by Crippen LogP contribution is -2.35. The van der Waals surface area contributed by atoms with Crippen LogP contribution in [0.2, 0.25) is 10.0 Å². The van der Waals surface area contributed by atoms with E-state index in [-0.39, 0.29) is 11.8 Å². The number of carbonyl (C=O) groups is 2. The van der Waals surface area contributed by atoms with Gasteiger partial charge in [-0.15, -0.1) is 0 Å². The van der Waals surface area contributed by atoms with E-state index in [0.29, 0.717) is 53.1 Å². The molecule has 3 rings (SSSR count). The summed E-state index contributed by atoms with van der Waals surface area (Å²) in [5.41, 5.74) is 1.42. The molecule has 0 saturated carbocycles. The lowest BCUT2D eigenvalue weighted by atomic mass is 10.0. The average molecular weight is 425 g/mol. The van der Waals surface area contributed by atoms with Crippen molar-refractivity contribution in [3.05, 3.63) is 39.5 Å². The fourth-order valence-electron chi connectivity index (χ4n) is 3.61. The van der Waals surface area contributed by atoms with Crippen LogP contribution in [0.1, 0.15) is 44.6 Å². The number of halogens is 2. The topological polar surface area (TPSA) is 49.9 Å². The van der Waals surface area contributed by atoms with Gasteiger partial charge in [0.2, 0.25) is 0 Å². The van der Waals surface area contributed by atoms with Crippen LogP contribution in [0.25, 0.3) is 5.57 Å². The molecule has 2 aliphatic rings. The van der Waals surface area contributed by atoms with Gasteiger partial charge in [-0.2, -0.15) is 0 Å². The van der Waals surface area contributed by atoms with Gasteiger partial charge in [0.15, 0.2) is 0 Å². The number of ether oxygens (including phenoxy) is 1. The molecule has 0 aliphatic carbocycles. The number of hydrogen-bond acceptors (Lipinski definition) is 4. The molecule has 0 radical (unpaired) electrons. The molecular weight excluding hydrogens is 399 g/mol. The quantitative estimate of drug-likeness (QED) is 0.435. The van der Waals surface area contributed by atoms with Crippen LogP contribution < -0.4 is 0 Å². The van der Waals surface area contributed by atoms with E-state index in [9.17, 15) is 9.59 Å². The standard InChI is InChI=1S/C21H26Cl2N2O3/c1-2-3-12-28-13-6-11-25-20(26)18(16-8-7-15(22)14-17(16)23)19(21(25)27)24-9-4-5-10-24/h7-8,14H,2-6,9-13H2,1H3. The van der Waals surface area contributed by atoms with Crippen LogP contribution >= 0.6 is 23.2 Å². The normalized spacial score (nSPS) is 17.4. The van der Waals surface area contributed by atoms with Crippen LogP contribution in [0.5, 0.6) is 0 Å². The second-order valence-corrected chi connectivity index (χ2v) is 7.97. The van der Waals surface area contributed by atoms with Crippen molar-refractivity contribution in [3.63, 3.8) is 0 Å². The molecule has 1 aromatic carbocycles. The Balaban J connectivity index is 1.81. The summed E-state index contributed by atoms with van der Waals surface area (Å²) in [4.78, 5) is 29.6. The number of rotatable bonds is 9. The van der Waals surface area contributed by atoms with E-state index >= 15 is 0 Å². The van der Waals surface area contributed by atoms with E-state index < -0.39 is 0 Å². The monoisotopic (exact) mass is 424 g/mol. The van der Waals surface area contributed by atoms with Crippen molar-refractivity contribution < 1.29 is 14.3 Å². The van der Waals surface area contributed by atoms with Gasteiger partial charge in [0.1, 0.15) is 5.70 Å². The highest BCUT2D eigenvalue weighted by Crippen LogP contribution is 2.37. The Kier molecular flexibility index (Phi) is 7.38. The molecule has 0 unspecified atom stereocenters. The van der Waals surface area contributed by atoms with Gasteiger partial charge < -0.3 is 9.64 Å². The van der Waals surface area contributed by atoms with Gasteiger partial charge in [0, 0.05) is 43.4 Å². The Morgan fingerprint density at radius 2 is 1.75 bits per heavy atom. The van der Waals surface area contributed by atoms with E-state index in [1.807, 2.05) is 4.90 Å². The zero-order chi connectivity index (χ0) is 20.1. The smallest absolute Gasteiger partial charge is 0.277 e. The number of nitrogens with zero attached hydrogens (tertiary/aromatic N) is 2. The van der Waals surface area contributed by atoms with E-state index in [1.54, 1.807) is 18.2 Å². The number of benzene rings is 1. The molecule has 28 heavy (non-hydrogen) atoms. The minimum Gasteiger partial charge on any atom is -0.381 e. The molecule has 2 heterocycles. The number of unbranched alkanes of at least 4 members (excludes halogenated alkanes) is 1. The first-order valence-electron chi connectivity index (χ1n) is 9.93. The molecule has 1 saturated heterocycles. The van der Waals surface area contributed by atoms with Crippen molar-refractivity contribution in [2.24, 2.45) is 0 Å². The van der Waals surface area contributed by atoms with Crippen molar-refractivity contribution in [2.75, 3.05) is 32.8 Å². The van der Waals surface area contributed by atoms with E-state index in [1.165, 1.54) is 4.90 Å². The minimum absolute atomic E-state index is 0.235. The van der Waals surface area contributed by atoms with Crippen LogP contribution in [0, 0.1) is 0 Å². The molecule has 0 atom stereocenters. The molecule has 5 nitrogen and oxygen atoms in total. The van der Waals surface area contributed by atoms with Crippen LogP contribution in [0.3, 0.4) is 0 Å². The van der Waals surface area contributed by atoms with Gasteiger partial charge in [-0.1, -0.05) is 42.6 Å². The van der Waals surface area contributed by atoms with E-state index in [0.717, 1.165) is 38.8 Å². The number of carbonyl (C=O) groups excluding carboxylic acids is 2. The zero-order valence-corrected chi connectivity index (χ0v) is 17.7. The van der Waals surface area contributed by atoms with Crippen LogP contribution in [-0.2, 0) is 14.3 Å². The SMILES string of the molecule is CCCCOCCCN1C(=O)C(c2ccc(Cl)cc2Cl)=C(N2CCCC2)C1=O. The number of imide groups is 1. The Morgan fingerprint density at radius 1 is 1.04 bits per heavy atom. The predicted octanol–water partition coefficient (Wildman–Crippen LogP) is 4.38. The molecule has 2 amide bonds. The van der Waals surface area contributed by atoms with Gasteiger partial charge >= 0.3 is 0 Å². The summed E-state index contributed by atoms with van der Waals surface area (Å²) in [6, 6.07) is 5.02. The lowest BCUT2D eigenvalue weighted by Gasteiger charge is -2.20. The van der Waals surface area contributed by atoms with Crippen LogP contribution in [-0.4, -0.2) is 54.5 Å². The highest BCUT2D eigenvalue weighted by molar-refractivity contribution is 6.41. The fourth-order valence-corrected chi connectivity index (χ4v) is 4.11. The van der Waals surface area contributed by atoms with Gasteiger partial charge in [-0.3, -0.25) is 14.5 Å². The van der Waals surface area contributed by atoms with Crippen molar-refractivity contribution in [3.8, 4) is 0 Å². The zero-order valence-electron chi connectivity index (χ0n) is 16.2. The maximum atomic E-state index is 13.2. The molecule has 2 aliphatic heterocycles. The second-order valence-electron chi connectivity index (χ2n) is 7.12. The first kappa shape index (κ1) is 21.2. The number of hydrogen-bond donors (Lipinski definition) is 0. The van der Waals surface area contributed by atoms with Crippen molar-refractivity contribution in [1.29, 1.82) is 0 Å². The summed E-state index contributed by atoms with van der Waals surface area (Å²) in [5, 5.41) is 0.875. The third-order valence-electron chi connectivity index (χ3n) is 5.08. The first-order valence-corrected chi connectivity index (χ1v) is 10.7. The molecule has 7 heteroatoms. The predicted molar refractivity (Wildman–Crippen MR) is 111 cm³/mol. The van der Waals surface area contributed by atoms with Gasteiger partial charge in [0.05, 0.1) is 10.6 Å². The molecule has 0 aromatic heterocycles. The average Bonchev–Trinajstić information content (AvgIpc) is 3.26. The van der Waals surface area contributed by atoms with Gasteiger partial charge in [-0.05, 0) is 37.8 Å². The Labute approximate surface area is 176 Å². The van der Waals surface area contributed by atoms with Crippen molar-refractivity contribution in [1.82, 2.24) is 9.80 Å². The van der Waals surface area contributed by atoms with Gasteiger partial charge in [-0.25, -0.2) is 0 Å². The van der Waals surface area contributed by atoms with Crippen LogP contribution in [0.15, 0.2) is 23.9 Å². The summed E-state index contributed by atoms with van der Waals surface area (Å²) < 4.78 is 5.57. The summed E-state index contributed by atoms with van der Waals surface area (Å²) in [6.07, 6.45) is 4.74. The summed E-state index contributed by atoms with van der Waals surface area (Å²) >= 11 is 12.4. The third-order valence-corrected chi connectivity index (χ3v) is 5.63. The van der Waals surface area contributed by atoms with Gasteiger partial charge in [0.25, 0.3) is 11.8 Å². The Hall–Kier alpha value is -1.56. The van der Waals surface area contributed by atoms with Crippen molar-refractivity contribution >= 4 is 40.6 Å². The van der Waals surface area contributed by atoms with Crippen LogP contribution in [0.4, 0.5) is 0 Å². The molecule has 0 bridgehead atoms. The van der Waals surface area contributed by atoms with E-state index in [4.69, 9.17) is 27.9 Å². The minimum atomic E-state index is -0.287. The molecule has 0 spiro atoms. The maximum absolute atomic E-state index is 13.2. The Morgan fingerprint density at radius 3 is 2.43 bits per heavy atom. The summed E-state index contributed by atoms with van der Waals surface area (Å²) in [5.74, 6) is -0.522. The fraction of sp³-hybridized carbons (Fsp3) is 0.524. The van der Waals surface area contributed by atoms with E-state index in [2.05, 4.69) is 6.92 Å². The number of amides is 2. The molecule has 152 valence electrons. The molecular formula is C21H26Cl2N2O3. The number of likely N-dealkylation sites (tertiary alicyclic amines) is 1. The largest absolute Gasteiger partial charge is 0.381 e.